The molecule has 0 bridgehead atoms. The zero-order chi connectivity index (χ0) is 21.3. The average molecular weight is 446 g/mol. The van der Waals surface area contributed by atoms with Gasteiger partial charge in [0.05, 0.1) is 25.2 Å². The van der Waals surface area contributed by atoms with E-state index in [1.165, 1.54) is 17.3 Å². The standard InChI is InChI=1S/C22H23NO5S2/c1-15-3-6-17(7-4-15)27-11-9-26-10-12-28-18-8-5-16(13-19(18)25-2)14-20-21(24)23-22(29)30-20/h3-8,13-14H,9-12H2,1-2H3,(H,23,24,29)/b20-14-. The van der Waals surface area contributed by atoms with Gasteiger partial charge < -0.3 is 24.3 Å². The van der Waals surface area contributed by atoms with Crippen LogP contribution < -0.4 is 19.5 Å². The Bertz CT molecular complexity index is 928. The first-order valence-corrected chi connectivity index (χ1v) is 10.6. The molecule has 158 valence electrons. The Hall–Kier alpha value is -2.55. The lowest BCUT2D eigenvalue weighted by Gasteiger charge is -2.12. The van der Waals surface area contributed by atoms with Crippen LogP contribution in [0.15, 0.2) is 47.4 Å². The smallest absolute Gasteiger partial charge is 0.263 e. The minimum absolute atomic E-state index is 0.187. The molecule has 1 N–H and O–H groups in total. The lowest BCUT2D eigenvalue weighted by molar-refractivity contribution is -0.115. The van der Waals surface area contributed by atoms with Crippen molar-refractivity contribution in [3.63, 3.8) is 0 Å². The van der Waals surface area contributed by atoms with Crippen molar-refractivity contribution in [3.8, 4) is 17.2 Å². The van der Waals surface area contributed by atoms with Crippen molar-refractivity contribution in [2.45, 2.75) is 6.92 Å². The summed E-state index contributed by atoms with van der Waals surface area (Å²) in [6, 6.07) is 13.4. The third-order valence-corrected chi connectivity index (χ3v) is 5.29. The first-order valence-electron chi connectivity index (χ1n) is 9.38. The number of aryl methyl sites for hydroxylation is 1. The van der Waals surface area contributed by atoms with Crippen molar-refractivity contribution >= 4 is 40.3 Å². The number of hydrogen-bond donors (Lipinski definition) is 1. The van der Waals surface area contributed by atoms with Crippen LogP contribution in [0.1, 0.15) is 11.1 Å². The van der Waals surface area contributed by atoms with Gasteiger partial charge >= 0.3 is 0 Å². The van der Waals surface area contributed by atoms with Gasteiger partial charge in [0.25, 0.3) is 5.91 Å². The van der Waals surface area contributed by atoms with Gasteiger partial charge in [0.15, 0.2) is 11.5 Å². The number of thioether (sulfide) groups is 1. The van der Waals surface area contributed by atoms with Crippen molar-refractivity contribution < 1.29 is 23.7 Å². The molecule has 1 aliphatic heterocycles. The summed E-state index contributed by atoms with van der Waals surface area (Å²) >= 11 is 6.24. The molecular weight excluding hydrogens is 422 g/mol. The Labute approximate surface area is 185 Å². The highest BCUT2D eigenvalue weighted by molar-refractivity contribution is 8.26. The maximum Gasteiger partial charge on any atom is 0.263 e. The van der Waals surface area contributed by atoms with Crippen LogP contribution in [0.3, 0.4) is 0 Å². The van der Waals surface area contributed by atoms with Gasteiger partial charge in [-0.3, -0.25) is 4.79 Å². The molecule has 1 heterocycles. The number of carbonyl (C=O) groups excluding carboxylic acids is 1. The zero-order valence-corrected chi connectivity index (χ0v) is 18.4. The fourth-order valence-electron chi connectivity index (χ4n) is 2.63. The molecule has 6 nitrogen and oxygen atoms in total. The van der Waals surface area contributed by atoms with Crippen LogP contribution in [0.25, 0.3) is 6.08 Å². The van der Waals surface area contributed by atoms with E-state index < -0.39 is 0 Å². The van der Waals surface area contributed by atoms with E-state index in [2.05, 4.69) is 5.32 Å². The van der Waals surface area contributed by atoms with Crippen LogP contribution in [0.2, 0.25) is 0 Å². The topological polar surface area (TPSA) is 66.0 Å². The van der Waals surface area contributed by atoms with E-state index >= 15 is 0 Å². The molecule has 0 unspecified atom stereocenters. The maximum absolute atomic E-state index is 11.8. The normalized spacial score (nSPS) is 14.7. The van der Waals surface area contributed by atoms with Gasteiger partial charge in [-0.2, -0.15) is 0 Å². The first-order chi connectivity index (χ1) is 14.5. The summed E-state index contributed by atoms with van der Waals surface area (Å²) in [5.41, 5.74) is 2.02. The molecule has 0 aromatic heterocycles. The molecular formula is C22H23NO5S2. The Morgan fingerprint density at radius 1 is 1.00 bits per heavy atom. The summed E-state index contributed by atoms with van der Waals surface area (Å²) in [6.07, 6.45) is 1.77. The van der Waals surface area contributed by atoms with Crippen LogP contribution in [-0.2, 0) is 9.53 Å². The molecule has 0 radical (unpaired) electrons. The largest absolute Gasteiger partial charge is 0.493 e. The molecule has 0 spiro atoms. The molecule has 2 aromatic rings. The van der Waals surface area contributed by atoms with Crippen molar-refractivity contribution in [3.05, 3.63) is 58.5 Å². The minimum Gasteiger partial charge on any atom is -0.493 e. The number of methoxy groups -OCH3 is 1. The number of amides is 1. The molecule has 0 atom stereocenters. The van der Waals surface area contributed by atoms with Gasteiger partial charge in [0, 0.05) is 0 Å². The van der Waals surface area contributed by atoms with Gasteiger partial charge in [-0.1, -0.05) is 47.7 Å². The third-order valence-electron chi connectivity index (χ3n) is 4.13. The highest BCUT2D eigenvalue weighted by Crippen LogP contribution is 2.31. The molecule has 0 aliphatic carbocycles. The third kappa shape index (κ3) is 6.48. The van der Waals surface area contributed by atoms with E-state index in [1.807, 2.05) is 49.4 Å². The van der Waals surface area contributed by atoms with Crippen LogP contribution in [0, 0.1) is 6.92 Å². The number of carbonyl (C=O) groups is 1. The van der Waals surface area contributed by atoms with E-state index in [9.17, 15) is 4.79 Å². The highest BCUT2D eigenvalue weighted by atomic mass is 32.2. The quantitative estimate of drug-likeness (QED) is 0.337. The number of rotatable bonds is 10. The zero-order valence-electron chi connectivity index (χ0n) is 16.8. The second-order valence-corrected chi connectivity index (χ2v) is 8.10. The van der Waals surface area contributed by atoms with Gasteiger partial charge in [-0.15, -0.1) is 0 Å². The predicted octanol–water partition coefficient (Wildman–Crippen LogP) is 3.97. The van der Waals surface area contributed by atoms with Crippen molar-refractivity contribution in [1.29, 1.82) is 0 Å². The molecule has 0 saturated carbocycles. The number of thiocarbonyl (C=S) groups is 1. The van der Waals surface area contributed by atoms with Crippen LogP contribution in [-0.4, -0.2) is 43.8 Å². The Balaban J connectivity index is 1.41. The second kappa shape index (κ2) is 11.0. The molecule has 30 heavy (non-hydrogen) atoms. The fraction of sp³-hybridized carbons (Fsp3) is 0.273. The van der Waals surface area contributed by atoms with Crippen molar-refractivity contribution in [2.75, 3.05) is 33.5 Å². The van der Waals surface area contributed by atoms with E-state index in [4.69, 9.17) is 31.2 Å². The van der Waals surface area contributed by atoms with Crippen LogP contribution >= 0.6 is 24.0 Å². The predicted molar refractivity (Wildman–Crippen MR) is 122 cm³/mol. The summed E-state index contributed by atoms with van der Waals surface area (Å²) in [6.45, 7) is 3.80. The monoisotopic (exact) mass is 445 g/mol. The number of hydrogen-bond acceptors (Lipinski definition) is 7. The van der Waals surface area contributed by atoms with Crippen LogP contribution in [0.5, 0.6) is 17.2 Å². The van der Waals surface area contributed by atoms with Crippen molar-refractivity contribution in [2.24, 2.45) is 0 Å². The summed E-state index contributed by atoms with van der Waals surface area (Å²) in [7, 11) is 1.57. The minimum atomic E-state index is -0.187. The number of benzene rings is 2. The average Bonchev–Trinajstić information content (AvgIpc) is 3.05. The second-order valence-electron chi connectivity index (χ2n) is 6.38. The summed E-state index contributed by atoms with van der Waals surface area (Å²) < 4.78 is 22.8. The van der Waals surface area contributed by atoms with Gasteiger partial charge in [0.2, 0.25) is 0 Å². The SMILES string of the molecule is COc1cc(/C=C2\SC(=S)NC2=O)ccc1OCCOCCOc1ccc(C)cc1. The van der Waals surface area contributed by atoms with Crippen molar-refractivity contribution in [1.82, 2.24) is 5.32 Å². The molecule has 1 aliphatic rings. The molecule has 1 amide bonds. The lowest BCUT2D eigenvalue weighted by atomic mass is 10.2. The molecule has 1 fully saturated rings. The van der Waals surface area contributed by atoms with E-state index in [0.717, 1.165) is 11.3 Å². The summed E-state index contributed by atoms with van der Waals surface area (Å²) in [5.74, 6) is 1.83. The maximum atomic E-state index is 11.8. The molecule has 8 heteroatoms. The van der Waals surface area contributed by atoms with E-state index in [0.29, 0.717) is 47.2 Å². The summed E-state index contributed by atoms with van der Waals surface area (Å²) in [5, 5.41) is 2.60. The van der Waals surface area contributed by atoms with Gasteiger partial charge in [-0.25, -0.2) is 0 Å². The van der Waals surface area contributed by atoms with Crippen LogP contribution in [0.4, 0.5) is 0 Å². The van der Waals surface area contributed by atoms with E-state index in [1.54, 1.807) is 13.2 Å². The van der Waals surface area contributed by atoms with Gasteiger partial charge in [0.1, 0.15) is 23.3 Å². The highest BCUT2D eigenvalue weighted by Gasteiger charge is 2.22. The lowest BCUT2D eigenvalue weighted by Crippen LogP contribution is -2.17. The number of nitrogens with one attached hydrogen (secondary N) is 1. The summed E-state index contributed by atoms with van der Waals surface area (Å²) in [4.78, 5) is 12.3. The van der Waals surface area contributed by atoms with Gasteiger partial charge in [-0.05, 0) is 42.8 Å². The van der Waals surface area contributed by atoms with E-state index in [-0.39, 0.29) is 5.91 Å². The number of ether oxygens (including phenoxy) is 4. The Kier molecular flexibility index (Phi) is 8.12. The molecule has 2 aromatic carbocycles. The first kappa shape index (κ1) is 22.1. The fourth-order valence-corrected chi connectivity index (χ4v) is 3.68. The molecule has 1 saturated heterocycles. The Morgan fingerprint density at radius 2 is 1.73 bits per heavy atom. The molecule has 3 rings (SSSR count). The Morgan fingerprint density at radius 3 is 2.40 bits per heavy atom.